The topological polar surface area (TPSA) is 84.0 Å². The van der Waals surface area contributed by atoms with E-state index >= 15 is 0 Å². The van der Waals surface area contributed by atoms with E-state index in [4.69, 9.17) is 0 Å². The van der Waals surface area contributed by atoms with Crippen LogP contribution in [0, 0.1) is 6.92 Å². The van der Waals surface area contributed by atoms with Crippen LogP contribution in [0.2, 0.25) is 0 Å². The van der Waals surface area contributed by atoms with E-state index in [1.165, 1.54) is 6.26 Å². The third-order valence-electron chi connectivity index (χ3n) is 3.33. The van der Waals surface area contributed by atoms with E-state index in [1.807, 2.05) is 14.0 Å². The lowest BCUT2D eigenvalue weighted by atomic mass is 10.2. The van der Waals surface area contributed by atoms with Gasteiger partial charge in [-0.3, -0.25) is 0 Å². The molecule has 0 amide bonds. The molecule has 0 radical (unpaired) electrons. The van der Waals surface area contributed by atoms with Gasteiger partial charge in [-0.25, -0.2) is 18.4 Å². The Hall–Kier alpha value is -1.37. The maximum atomic E-state index is 11.1. The van der Waals surface area contributed by atoms with Crippen molar-refractivity contribution in [2.24, 2.45) is 0 Å². The Morgan fingerprint density at radius 3 is 2.45 bits per heavy atom. The van der Waals surface area contributed by atoms with E-state index in [1.54, 1.807) is 0 Å². The SMILES string of the molecule is CNc1nc(C2CC2)nc(NCCCS(C)(=O)=O)c1C. The molecule has 0 atom stereocenters. The molecule has 1 saturated carbocycles. The van der Waals surface area contributed by atoms with Crippen LogP contribution in [-0.2, 0) is 9.84 Å². The molecule has 6 nitrogen and oxygen atoms in total. The average Bonchev–Trinajstić information content (AvgIpc) is 3.19. The molecule has 1 aromatic heterocycles. The van der Waals surface area contributed by atoms with Gasteiger partial charge >= 0.3 is 0 Å². The van der Waals surface area contributed by atoms with Crippen LogP contribution in [0.4, 0.5) is 11.6 Å². The molecule has 7 heteroatoms. The number of anilines is 2. The molecule has 1 aliphatic rings. The van der Waals surface area contributed by atoms with E-state index in [9.17, 15) is 8.42 Å². The van der Waals surface area contributed by atoms with Gasteiger partial charge in [0.15, 0.2) is 0 Å². The molecule has 2 N–H and O–H groups in total. The van der Waals surface area contributed by atoms with E-state index in [0.29, 0.717) is 18.9 Å². The second-order valence-electron chi connectivity index (χ2n) is 5.34. The summed E-state index contributed by atoms with van der Waals surface area (Å²) in [6, 6.07) is 0. The van der Waals surface area contributed by atoms with Gasteiger partial charge in [-0.2, -0.15) is 0 Å². The molecule has 0 aromatic carbocycles. The average molecular weight is 298 g/mol. The number of hydrogen-bond acceptors (Lipinski definition) is 6. The van der Waals surface area contributed by atoms with Crippen LogP contribution in [0.3, 0.4) is 0 Å². The molecule has 0 aliphatic heterocycles. The molecule has 1 fully saturated rings. The fraction of sp³-hybridized carbons (Fsp3) is 0.692. The summed E-state index contributed by atoms with van der Waals surface area (Å²) in [6.45, 7) is 2.56. The van der Waals surface area contributed by atoms with Gasteiger partial charge < -0.3 is 10.6 Å². The normalized spacial score (nSPS) is 15.2. The second kappa shape index (κ2) is 5.95. The van der Waals surface area contributed by atoms with Crippen LogP contribution in [0.25, 0.3) is 0 Å². The van der Waals surface area contributed by atoms with Crippen molar-refractivity contribution in [2.45, 2.75) is 32.1 Å². The first kappa shape index (κ1) is 15.0. The monoisotopic (exact) mass is 298 g/mol. The highest BCUT2D eigenvalue weighted by Gasteiger charge is 2.28. The molecule has 2 rings (SSSR count). The highest BCUT2D eigenvalue weighted by atomic mass is 32.2. The van der Waals surface area contributed by atoms with Crippen molar-refractivity contribution >= 4 is 21.5 Å². The summed E-state index contributed by atoms with van der Waals surface area (Å²) >= 11 is 0. The molecule has 0 spiro atoms. The van der Waals surface area contributed by atoms with Gasteiger partial charge in [0.2, 0.25) is 0 Å². The zero-order valence-electron chi connectivity index (χ0n) is 12.2. The zero-order chi connectivity index (χ0) is 14.8. The Morgan fingerprint density at radius 1 is 1.25 bits per heavy atom. The first-order valence-electron chi connectivity index (χ1n) is 6.88. The first-order chi connectivity index (χ1) is 9.40. The molecule has 0 saturated heterocycles. The summed E-state index contributed by atoms with van der Waals surface area (Å²) in [4.78, 5) is 9.09. The molecule has 1 aromatic rings. The lowest BCUT2D eigenvalue weighted by Gasteiger charge is -2.13. The fourth-order valence-electron chi connectivity index (χ4n) is 2.01. The number of aromatic nitrogens is 2. The predicted octanol–water partition coefficient (Wildman–Crippen LogP) is 1.55. The Kier molecular flexibility index (Phi) is 4.47. The summed E-state index contributed by atoms with van der Waals surface area (Å²) in [6.07, 6.45) is 4.14. The molecule has 0 bridgehead atoms. The maximum absolute atomic E-state index is 11.1. The molecule has 112 valence electrons. The Bertz CT molecular complexity index is 582. The van der Waals surface area contributed by atoms with Crippen molar-refractivity contribution in [3.8, 4) is 0 Å². The van der Waals surface area contributed by atoms with Gasteiger partial charge in [0.1, 0.15) is 27.3 Å². The van der Waals surface area contributed by atoms with Gasteiger partial charge in [0.05, 0.1) is 5.75 Å². The van der Waals surface area contributed by atoms with E-state index in [-0.39, 0.29) is 5.75 Å². The number of hydrogen-bond donors (Lipinski definition) is 2. The van der Waals surface area contributed by atoms with Crippen LogP contribution in [0.5, 0.6) is 0 Å². The Labute approximate surface area is 120 Å². The Morgan fingerprint density at radius 2 is 1.90 bits per heavy atom. The molecule has 20 heavy (non-hydrogen) atoms. The van der Waals surface area contributed by atoms with Crippen LogP contribution in [0.15, 0.2) is 0 Å². The maximum Gasteiger partial charge on any atom is 0.147 e. The third-order valence-corrected chi connectivity index (χ3v) is 4.36. The minimum atomic E-state index is -2.90. The first-order valence-corrected chi connectivity index (χ1v) is 8.94. The van der Waals surface area contributed by atoms with Crippen molar-refractivity contribution in [3.05, 3.63) is 11.4 Å². The summed E-state index contributed by atoms with van der Waals surface area (Å²) in [5.74, 6) is 3.20. The lowest BCUT2D eigenvalue weighted by Crippen LogP contribution is -2.13. The summed E-state index contributed by atoms with van der Waals surface area (Å²) in [5, 5.41) is 6.31. The smallest absolute Gasteiger partial charge is 0.147 e. The van der Waals surface area contributed by atoms with Crippen LogP contribution < -0.4 is 10.6 Å². The lowest BCUT2D eigenvalue weighted by molar-refractivity contribution is 0.600. The second-order valence-corrected chi connectivity index (χ2v) is 7.60. The van der Waals surface area contributed by atoms with Crippen LogP contribution >= 0.6 is 0 Å². The quantitative estimate of drug-likeness (QED) is 0.743. The number of nitrogens with zero attached hydrogens (tertiary/aromatic N) is 2. The fourth-order valence-corrected chi connectivity index (χ4v) is 2.68. The molecule has 0 unspecified atom stereocenters. The molecule has 1 heterocycles. The summed E-state index contributed by atoms with van der Waals surface area (Å²) in [5.41, 5.74) is 0.969. The van der Waals surface area contributed by atoms with Crippen LogP contribution in [0.1, 0.15) is 36.6 Å². The van der Waals surface area contributed by atoms with E-state index < -0.39 is 9.84 Å². The van der Waals surface area contributed by atoms with Crippen molar-refractivity contribution in [2.75, 3.05) is 36.2 Å². The Balaban J connectivity index is 2.04. The largest absolute Gasteiger partial charge is 0.373 e. The van der Waals surface area contributed by atoms with Crippen molar-refractivity contribution in [1.29, 1.82) is 0 Å². The molecular weight excluding hydrogens is 276 g/mol. The van der Waals surface area contributed by atoms with Gasteiger partial charge in [-0.05, 0) is 26.2 Å². The summed E-state index contributed by atoms with van der Waals surface area (Å²) < 4.78 is 22.2. The zero-order valence-corrected chi connectivity index (χ0v) is 13.0. The van der Waals surface area contributed by atoms with Gasteiger partial charge in [0.25, 0.3) is 0 Å². The van der Waals surface area contributed by atoms with Gasteiger partial charge in [-0.15, -0.1) is 0 Å². The van der Waals surface area contributed by atoms with Crippen molar-refractivity contribution < 1.29 is 8.42 Å². The standard InChI is InChI=1S/C13H22N4O2S/c1-9-11(14-2)16-13(10-5-6-10)17-12(9)15-7-4-8-20(3,18)19/h10H,4-8H2,1-3H3,(H2,14,15,16,17). The number of rotatable bonds is 7. The molecule has 1 aliphatic carbocycles. The predicted molar refractivity (Wildman–Crippen MR) is 81.1 cm³/mol. The highest BCUT2D eigenvalue weighted by Crippen LogP contribution is 2.39. The minimum Gasteiger partial charge on any atom is -0.373 e. The van der Waals surface area contributed by atoms with Gasteiger partial charge in [-0.1, -0.05) is 0 Å². The highest BCUT2D eigenvalue weighted by molar-refractivity contribution is 7.90. The summed E-state index contributed by atoms with van der Waals surface area (Å²) in [7, 11) is -1.05. The van der Waals surface area contributed by atoms with Gasteiger partial charge in [0, 0.05) is 31.3 Å². The van der Waals surface area contributed by atoms with Crippen molar-refractivity contribution in [1.82, 2.24) is 9.97 Å². The van der Waals surface area contributed by atoms with E-state index in [0.717, 1.165) is 35.9 Å². The van der Waals surface area contributed by atoms with E-state index in [2.05, 4.69) is 20.6 Å². The number of sulfone groups is 1. The third kappa shape index (κ3) is 4.06. The van der Waals surface area contributed by atoms with Crippen LogP contribution in [-0.4, -0.2) is 44.0 Å². The molecular formula is C13H22N4O2S. The minimum absolute atomic E-state index is 0.193. The van der Waals surface area contributed by atoms with Crippen molar-refractivity contribution in [3.63, 3.8) is 0 Å². The number of nitrogens with one attached hydrogen (secondary N) is 2.